The molecule has 0 unspecified atom stereocenters. The van der Waals surface area contributed by atoms with Crippen molar-refractivity contribution in [3.8, 4) is 0 Å². The Morgan fingerprint density at radius 1 is 1.08 bits per heavy atom. The molecule has 0 fully saturated rings. The van der Waals surface area contributed by atoms with E-state index in [0.717, 1.165) is 24.2 Å². The van der Waals surface area contributed by atoms with Crippen LogP contribution in [0.25, 0.3) is 0 Å². The molecule has 1 N–H and O–H groups in total. The predicted octanol–water partition coefficient (Wildman–Crippen LogP) is 3.25. The van der Waals surface area contributed by atoms with Gasteiger partial charge in [-0.25, -0.2) is 0 Å². The molecule has 0 radical (unpaired) electrons. The topological polar surface area (TPSA) is 49.4 Å². The number of fused-ring (bicyclic) bond motifs is 1. The zero-order valence-corrected chi connectivity index (χ0v) is 15.1. The zero-order valence-electron chi connectivity index (χ0n) is 14.3. The maximum absolute atomic E-state index is 12.4. The summed E-state index contributed by atoms with van der Waals surface area (Å²) in [6.45, 7) is 3.41. The molecule has 0 atom stereocenters. The molecule has 0 saturated heterocycles. The summed E-state index contributed by atoms with van der Waals surface area (Å²) in [4.78, 5) is 26.2. The van der Waals surface area contributed by atoms with Crippen LogP contribution in [0.1, 0.15) is 16.7 Å². The first-order chi connectivity index (χ1) is 12.1. The van der Waals surface area contributed by atoms with E-state index >= 15 is 0 Å². The van der Waals surface area contributed by atoms with Gasteiger partial charge in [0.25, 0.3) is 0 Å². The number of rotatable bonds is 5. The second kappa shape index (κ2) is 8.21. The molecule has 0 aromatic heterocycles. The van der Waals surface area contributed by atoms with Gasteiger partial charge in [0.2, 0.25) is 11.8 Å². The Morgan fingerprint density at radius 2 is 1.88 bits per heavy atom. The van der Waals surface area contributed by atoms with E-state index in [2.05, 4.69) is 17.4 Å². The molecule has 0 aliphatic carbocycles. The van der Waals surface area contributed by atoms with E-state index in [1.54, 1.807) is 0 Å². The fourth-order valence-corrected chi connectivity index (χ4v) is 3.67. The van der Waals surface area contributed by atoms with Gasteiger partial charge in [-0.3, -0.25) is 9.59 Å². The van der Waals surface area contributed by atoms with Crippen molar-refractivity contribution in [1.82, 2.24) is 4.90 Å². The largest absolute Gasteiger partial charge is 0.337 e. The van der Waals surface area contributed by atoms with Crippen molar-refractivity contribution in [2.75, 3.05) is 23.4 Å². The number of amides is 2. The molecular formula is C20H22N2O2S. The van der Waals surface area contributed by atoms with Gasteiger partial charge in [0.1, 0.15) is 0 Å². The van der Waals surface area contributed by atoms with Crippen molar-refractivity contribution in [3.63, 3.8) is 0 Å². The first kappa shape index (κ1) is 17.5. The summed E-state index contributed by atoms with van der Waals surface area (Å²) >= 11 is 1.36. The first-order valence-electron chi connectivity index (χ1n) is 8.40. The number of hydrogen-bond donors (Lipinski definition) is 1. The van der Waals surface area contributed by atoms with Gasteiger partial charge < -0.3 is 10.2 Å². The number of anilines is 1. The van der Waals surface area contributed by atoms with E-state index in [1.807, 2.05) is 48.2 Å². The molecule has 25 heavy (non-hydrogen) atoms. The van der Waals surface area contributed by atoms with Crippen LogP contribution in [0.4, 0.5) is 5.69 Å². The van der Waals surface area contributed by atoms with Crippen molar-refractivity contribution >= 4 is 29.3 Å². The van der Waals surface area contributed by atoms with Crippen LogP contribution in [0.15, 0.2) is 48.5 Å². The summed E-state index contributed by atoms with van der Waals surface area (Å²) < 4.78 is 0. The van der Waals surface area contributed by atoms with Crippen molar-refractivity contribution in [2.24, 2.45) is 0 Å². The highest BCUT2D eigenvalue weighted by molar-refractivity contribution is 8.00. The van der Waals surface area contributed by atoms with Crippen LogP contribution in [0.2, 0.25) is 0 Å². The maximum atomic E-state index is 12.4. The van der Waals surface area contributed by atoms with Crippen LogP contribution in [-0.4, -0.2) is 34.8 Å². The third-order valence-corrected chi connectivity index (χ3v) is 5.16. The molecule has 4 nitrogen and oxygen atoms in total. The highest BCUT2D eigenvalue weighted by atomic mass is 32.2. The van der Waals surface area contributed by atoms with E-state index in [4.69, 9.17) is 0 Å². The van der Waals surface area contributed by atoms with E-state index < -0.39 is 0 Å². The number of thioether (sulfide) groups is 1. The molecule has 1 aliphatic heterocycles. The molecule has 1 aliphatic rings. The third-order valence-electron chi connectivity index (χ3n) is 4.24. The Balaban J connectivity index is 1.43. The van der Waals surface area contributed by atoms with E-state index in [0.29, 0.717) is 12.3 Å². The fraction of sp³-hybridized carbons (Fsp3) is 0.300. The second-order valence-corrected chi connectivity index (χ2v) is 7.23. The molecule has 5 heteroatoms. The van der Waals surface area contributed by atoms with Crippen molar-refractivity contribution < 1.29 is 9.59 Å². The summed E-state index contributed by atoms with van der Waals surface area (Å²) in [5.74, 6) is 0.642. The minimum absolute atomic E-state index is 0.0765. The summed E-state index contributed by atoms with van der Waals surface area (Å²) in [5, 5.41) is 2.86. The van der Waals surface area contributed by atoms with Crippen molar-refractivity contribution in [1.29, 1.82) is 0 Å². The van der Waals surface area contributed by atoms with Gasteiger partial charge in [0.05, 0.1) is 11.5 Å². The SMILES string of the molecule is Cc1cccc(NC(=O)CSCC(=O)N2CCc3ccccc3C2)c1. The number of nitrogens with zero attached hydrogens (tertiary/aromatic N) is 1. The molecular weight excluding hydrogens is 332 g/mol. The first-order valence-corrected chi connectivity index (χ1v) is 9.56. The number of carbonyl (C=O) groups is 2. The maximum Gasteiger partial charge on any atom is 0.234 e. The molecule has 2 aromatic carbocycles. The Bertz CT molecular complexity index is 776. The number of carbonyl (C=O) groups excluding carboxylic acids is 2. The van der Waals surface area contributed by atoms with Gasteiger partial charge in [0, 0.05) is 18.8 Å². The van der Waals surface area contributed by atoms with Gasteiger partial charge in [-0.15, -0.1) is 11.8 Å². The quantitative estimate of drug-likeness (QED) is 0.897. The highest BCUT2D eigenvalue weighted by Crippen LogP contribution is 2.19. The molecule has 0 saturated carbocycles. The van der Waals surface area contributed by atoms with E-state index in [-0.39, 0.29) is 17.6 Å². The molecule has 1 heterocycles. The lowest BCUT2D eigenvalue weighted by molar-refractivity contribution is -0.129. The lowest BCUT2D eigenvalue weighted by atomic mass is 10.00. The smallest absolute Gasteiger partial charge is 0.234 e. The molecule has 2 aromatic rings. The fourth-order valence-electron chi connectivity index (χ4n) is 2.95. The minimum atomic E-state index is -0.0765. The van der Waals surface area contributed by atoms with Crippen LogP contribution < -0.4 is 5.32 Å². The molecule has 0 spiro atoms. The lowest BCUT2D eigenvalue weighted by Gasteiger charge is -2.28. The lowest BCUT2D eigenvalue weighted by Crippen LogP contribution is -2.37. The van der Waals surface area contributed by atoms with Crippen LogP contribution in [0, 0.1) is 6.92 Å². The van der Waals surface area contributed by atoms with Gasteiger partial charge in [-0.1, -0.05) is 36.4 Å². The monoisotopic (exact) mass is 354 g/mol. The minimum Gasteiger partial charge on any atom is -0.337 e. The van der Waals surface area contributed by atoms with Gasteiger partial charge >= 0.3 is 0 Å². The van der Waals surface area contributed by atoms with E-state index in [1.165, 1.54) is 22.9 Å². The zero-order chi connectivity index (χ0) is 17.6. The normalized spacial score (nSPS) is 13.2. The predicted molar refractivity (Wildman–Crippen MR) is 103 cm³/mol. The Morgan fingerprint density at radius 3 is 2.68 bits per heavy atom. The molecule has 130 valence electrons. The van der Waals surface area contributed by atoms with Crippen LogP contribution in [0.5, 0.6) is 0 Å². The van der Waals surface area contributed by atoms with Gasteiger partial charge in [-0.2, -0.15) is 0 Å². The average molecular weight is 354 g/mol. The van der Waals surface area contributed by atoms with E-state index in [9.17, 15) is 9.59 Å². The number of hydrogen-bond acceptors (Lipinski definition) is 3. The number of aryl methyl sites for hydroxylation is 1. The number of nitrogens with one attached hydrogen (secondary N) is 1. The van der Waals surface area contributed by atoms with Gasteiger partial charge in [0.15, 0.2) is 0 Å². The van der Waals surface area contributed by atoms with Crippen LogP contribution in [0.3, 0.4) is 0 Å². The Kier molecular flexibility index (Phi) is 5.76. The Hall–Kier alpha value is -2.27. The van der Waals surface area contributed by atoms with Crippen molar-refractivity contribution in [3.05, 3.63) is 65.2 Å². The van der Waals surface area contributed by atoms with Crippen molar-refractivity contribution in [2.45, 2.75) is 19.9 Å². The molecule has 3 rings (SSSR count). The highest BCUT2D eigenvalue weighted by Gasteiger charge is 2.20. The summed E-state index contributed by atoms with van der Waals surface area (Å²) in [6, 6.07) is 16.0. The summed E-state index contributed by atoms with van der Waals surface area (Å²) in [6.07, 6.45) is 0.903. The third kappa shape index (κ3) is 4.86. The summed E-state index contributed by atoms with van der Waals surface area (Å²) in [7, 11) is 0. The standard InChI is InChI=1S/C20H22N2O2S/c1-15-5-4-8-18(11-15)21-19(23)13-25-14-20(24)22-10-9-16-6-2-3-7-17(16)12-22/h2-8,11H,9-10,12-14H2,1H3,(H,21,23). The molecule has 2 amide bonds. The van der Waals surface area contributed by atoms with Crippen LogP contribution in [-0.2, 0) is 22.6 Å². The molecule has 0 bridgehead atoms. The number of benzene rings is 2. The Labute approximate surface area is 152 Å². The average Bonchev–Trinajstić information content (AvgIpc) is 2.61. The summed E-state index contributed by atoms with van der Waals surface area (Å²) in [5.41, 5.74) is 4.46. The van der Waals surface area contributed by atoms with Crippen LogP contribution >= 0.6 is 11.8 Å². The van der Waals surface area contributed by atoms with Gasteiger partial charge in [-0.05, 0) is 42.2 Å². The second-order valence-electron chi connectivity index (χ2n) is 6.24.